The third-order valence-electron chi connectivity index (χ3n) is 4.49. The van der Waals surface area contributed by atoms with Gasteiger partial charge in [-0.1, -0.05) is 0 Å². The van der Waals surface area contributed by atoms with Crippen molar-refractivity contribution in [1.29, 1.82) is 5.26 Å². The number of ether oxygens (including phenoxy) is 2. The van der Waals surface area contributed by atoms with Gasteiger partial charge in [-0.15, -0.1) is 0 Å². The fourth-order valence-corrected chi connectivity index (χ4v) is 3.00. The molecule has 1 aromatic heterocycles. The van der Waals surface area contributed by atoms with E-state index in [0.29, 0.717) is 42.1 Å². The molecule has 2 aromatic rings. The van der Waals surface area contributed by atoms with Crippen LogP contribution >= 0.6 is 0 Å². The number of nitrogens with zero attached hydrogens (tertiary/aromatic N) is 4. The molecule has 8 nitrogen and oxygen atoms in total. The highest BCUT2D eigenvalue weighted by atomic mass is 16.5. The summed E-state index contributed by atoms with van der Waals surface area (Å²) in [6, 6.07) is 10.2. The van der Waals surface area contributed by atoms with Gasteiger partial charge in [0.25, 0.3) is 11.8 Å². The van der Waals surface area contributed by atoms with E-state index in [0.717, 1.165) is 0 Å². The lowest BCUT2D eigenvalue weighted by atomic mass is 10.1. The largest absolute Gasteiger partial charge is 0.497 e. The minimum atomic E-state index is -0.333. The van der Waals surface area contributed by atoms with Crippen LogP contribution in [0, 0.1) is 11.3 Å². The van der Waals surface area contributed by atoms with E-state index < -0.39 is 0 Å². The molecular formula is C21H20N4O4. The maximum Gasteiger partial charge on any atom is 0.274 e. The van der Waals surface area contributed by atoms with Crippen LogP contribution in [0.5, 0.6) is 11.5 Å². The molecule has 29 heavy (non-hydrogen) atoms. The summed E-state index contributed by atoms with van der Waals surface area (Å²) >= 11 is 0. The molecule has 0 bridgehead atoms. The number of hydrogen-bond donors (Lipinski definition) is 0. The number of hydrazine groups is 1. The van der Waals surface area contributed by atoms with E-state index >= 15 is 0 Å². The van der Waals surface area contributed by atoms with Crippen LogP contribution < -0.4 is 9.47 Å². The van der Waals surface area contributed by atoms with Crippen molar-refractivity contribution >= 4 is 17.9 Å². The zero-order valence-corrected chi connectivity index (χ0v) is 16.2. The lowest BCUT2D eigenvalue weighted by Gasteiger charge is -2.26. The first-order valence-corrected chi connectivity index (χ1v) is 8.97. The normalized spacial score (nSPS) is 13.4. The number of methoxy groups -OCH3 is 2. The molecule has 0 atom stereocenters. The van der Waals surface area contributed by atoms with Gasteiger partial charge < -0.3 is 9.47 Å². The van der Waals surface area contributed by atoms with E-state index in [4.69, 9.17) is 14.7 Å². The molecule has 0 saturated carbocycles. The zero-order chi connectivity index (χ0) is 20.8. The fourth-order valence-electron chi connectivity index (χ4n) is 3.00. The van der Waals surface area contributed by atoms with Crippen molar-refractivity contribution in [3.05, 3.63) is 59.4 Å². The Hall–Kier alpha value is -3.86. The maximum atomic E-state index is 12.8. The van der Waals surface area contributed by atoms with Crippen LogP contribution in [0.3, 0.4) is 0 Å². The van der Waals surface area contributed by atoms with Gasteiger partial charge in [0.1, 0.15) is 23.3 Å². The fraction of sp³-hybridized carbons (Fsp3) is 0.238. The van der Waals surface area contributed by atoms with Gasteiger partial charge in [0.2, 0.25) is 0 Å². The molecule has 8 heteroatoms. The van der Waals surface area contributed by atoms with Gasteiger partial charge in [0.05, 0.1) is 19.8 Å². The Bertz CT molecular complexity index is 979. The molecule has 1 saturated heterocycles. The summed E-state index contributed by atoms with van der Waals surface area (Å²) in [7, 11) is 3.11. The van der Waals surface area contributed by atoms with Gasteiger partial charge in [0, 0.05) is 30.9 Å². The summed E-state index contributed by atoms with van der Waals surface area (Å²) in [5.41, 5.74) is 1.24. The Kier molecular flexibility index (Phi) is 6.09. The van der Waals surface area contributed by atoms with Crippen molar-refractivity contribution in [3.63, 3.8) is 0 Å². The number of rotatable bonds is 5. The Morgan fingerprint density at radius 3 is 2.59 bits per heavy atom. The summed E-state index contributed by atoms with van der Waals surface area (Å²) in [6.45, 7) is 0.870. The summed E-state index contributed by atoms with van der Waals surface area (Å²) in [5, 5.41) is 11.6. The number of hydrogen-bond acceptors (Lipinski definition) is 6. The molecule has 148 valence electrons. The first kappa shape index (κ1) is 19.9. The Labute approximate surface area is 168 Å². The first-order chi connectivity index (χ1) is 14.1. The third kappa shape index (κ3) is 4.35. The second-order valence-electron chi connectivity index (χ2n) is 6.23. The van der Waals surface area contributed by atoms with Crippen LogP contribution in [-0.4, -0.2) is 54.1 Å². The molecule has 2 heterocycles. The van der Waals surface area contributed by atoms with Crippen molar-refractivity contribution < 1.29 is 19.1 Å². The molecule has 1 aromatic carbocycles. The van der Waals surface area contributed by atoms with Gasteiger partial charge in [-0.2, -0.15) is 5.26 Å². The molecule has 1 aliphatic rings. The molecule has 0 unspecified atom stereocenters. The van der Waals surface area contributed by atoms with Crippen LogP contribution in [0.1, 0.15) is 28.0 Å². The highest BCUT2D eigenvalue weighted by Gasteiger charge is 2.30. The van der Waals surface area contributed by atoms with Gasteiger partial charge >= 0.3 is 0 Å². The number of nitriles is 1. The number of carbonyl (C=O) groups excluding carboxylic acids is 2. The van der Waals surface area contributed by atoms with Crippen molar-refractivity contribution in [2.24, 2.45) is 0 Å². The second kappa shape index (κ2) is 8.89. The lowest BCUT2D eigenvalue weighted by molar-refractivity contribution is -0.134. The summed E-state index contributed by atoms with van der Waals surface area (Å²) < 4.78 is 10.5. The first-order valence-electron chi connectivity index (χ1n) is 8.97. The van der Waals surface area contributed by atoms with E-state index in [-0.39, 0.29) is 17.5 Å². The monoisotopic (exact) mass is 392 g/mol. The summed E-state index contributed by atoms with van der Waals surface area (Å²) in [6.07, 6.45) is 5.06. The van der Waals surface area contributed by atoms with Crippen LogP contribution in [0.4, 0.5) is 0 Å². The molecule has 0 spiro atoms. The van der Waals surface area contributed by atoms with E-state index in [2.05, 4.69) is 4.98 Å². The highest BCUT2D eigenvalue weighted by molar-refractivity contribution is 5.98. The van der Waals surface area contributed by atoms with Gasteiger partial charge in [-0.3, -0.25) is 9.59 Å². The molecule has 0 radical (unpaired) electrons. The minimum absolute atomic E-state index is 0.228. The molecule has 3 rings (SSSR count). The molecule has 1 fully saturated rings. The average molecular weight is 392 g/mol. The smallest absolute Gasteiger partial charge is 0.274 e. The van der Waals surface area contributed by atoms with Crippen molar-refractivity contribution in [2.75, 3.05) is 27.3 Å². The van der Waals surface area contributed by atoms with Crippen LogP contribution in [0.15, 0.2) is 42.6 Å². The second-order valence-corrected chi connectivity index (χ2v) is 6.23. The Morgan fingerprint density at radius 1 is 1.14 bits per heavy atom. The highest BCUT2D eigenvalue weighted by Crippen LogP contribution is 2.25. The van der Waals surface area contributed by atoms with E-state index in [1.165, 1.54) is 34.4 Å². The van der Waals surface area contributed by atoms with Crippen molar-refractivity contribution in [3.8, 4) is 17.6 Å². The summed E-state index contributed by atoms with van der Waals surface area (Å²) in [4.78, 5) is 29.4. The minimum Gasteiger partial charge on any atom is -0.497 e. The number of amides is 2. The Balaban J connectivity index is 1.77. The maximum absolute atomic E-state index is 12.8. The number of pyridine rings is 1. The third-order valence-corrected chi connectivity index (χ3v) is 4.49. The van der Waals surface area contributed by atoms with Crippen LogP contribution in [0.25, 0.3) is 6.08 Å². The summed E-state index contributed by atoms with van der Waals surface area (Å²) in [5.74, 6) is 0.597. The number of benzene rings is 1. The van der Waals surface area contributed by atoms with Crippen molar-refractivity contribution in [1.82, 2.24) is 15.0 Å². The molecular weight excluding hydrogens is 372 g/mol. The van der Waals surface area contributed by atoms with E-state index in [1.54, 1.807) is 38.5 Å². The van der Waals surface area contributed by atoms with Gasteiger partial charge in [0.15, 0.2) is 0 Å². The number of carbonyl (C=O) groups is 2. The van der Waals surface area contributed by atoms with E-state index in [9.17, 15) is 9.59 Å². The average Bonchev–Trinajstić information content (AvgIpc) is 3.26. The van der Waals surface area contributed by atoms with Gasteiger partial charge in [-0.25, -0.2) is 15.0 Å². The van der Waals surface area contributed by atoms with E-state index in [1.807, 2.05) is 6.07 Å². The Morgan fingerprint density at radius 2 is 1.93 bits per heavy atom. The lowest BCUT2D eigenvalue weighted by Crippen LogP contribution is -2.44. The van der Waals surface area contributed by atoms with Crippen molar-refractivity contribution in [2.45, 2.75) is 6.42 Å². The molecule has 2 amide bonds. The zero-order valence-electron chi connectivity index (χ0n) is 16.2. The van der Waals surface area contributed by atoms with Gasteiger partial charge in [-0.05, 0) is 42.8 Å². The predicted octanol–water partition coefficient (Wildman–Crippen LogP) is 2.27. The van der Waals surface area contributed by atoms with Crippen LogP contribution in [0.2, 0.25) is 0 Å². The standard InChI is InChI=1S/C21H20N4O4/c1-28-18-7-8-19(29-2)15(12-18)5-9-20(26)24-10-3-11-25(24)21(27)16-4-6-17(13-22)23-14-16/h4-9,12,14H,3,10-11H2,1-2H3. The molecule has 1 aliphatic heterocycles. The quantitative estimate of drug-likeness (QED) is 0.725. The SMILES string of the molecule is COc1ccc(OC)c(C=CC(=O)N2CCCN2C(=O)c2ccc(C#N)nc2)c1. The molecule has 0 N–H and O–H groups in total. The predicted molar refractivity (Wildman–Crippen MR) is 105 cm³/mol. The number of aromatic nitrogens is 1. The topological polar surface area (TPSA) is 95.8 Å². The van der Waals surface area contributed by atoms with Crippen LogP contribution in [-0.2, 0) is 4.79 Å². The molecule has 0 aliphatic carbocycles.